The van der Waals surface area contributed by atoms with Crippen LogP contribution in [0, 0.1) is 29.1 Å². The largest absolute Gasteiger partial charge is 0.391 e. The highest BCUT2D eigenvalue weighted by Gasteiger charge is 2.25. The summed E-state index contributed by atoms with van der Waals surface area (Å²) < 4.78 is 65.9. The summed E-state index contributed by atoms with van der Waals surface area (Å²) in [6.45, 7) is 2.82. The summed E-state index contributed by atoms with van der Waals surface area (Å²) >= 11 is 9.15. The summed E-state index contributed by atoms with van der Waals surface area (Å²) in [6, 6.07) is 0. The van der Waals surface area contributed by atoms with Crippen molar-refractivity contribution in [2.75, 3.05) is 5.88 Å². The van der Waals surface area contributed by atoms with Gasteiger partial charge in [-0.1, -0.05) is 38.3 Å². The molecule has 0 radical (unpaired) electrons. The predicted octanol–water partition coefficient (Wildman–Crippen LogP) is 6.17. The van der Waals surface area contributed by atoms with Gasteiger partial charge in [0.2, 0.25) is 5.82 Å². The molecule has 9 heteroatoms. The Morgan fingerprint density at radius 2 is 1.62 bits per heavy atom. The quantitative estimate of drug-likeness (QED) is 0.0865. The van der Waals surface area contributed by atoms with E-state index in [1.165, 1.54) is 6.21 Å². The molecule has 0 aliphatic heterocycles. The summed E-state index contributed by atoms with van der Waals surface area (Å²) in [7, 11) is 0. The first kappa shape index (κ1) is 22.6. The lowest BCUT2D eigenvalue weighted by molar-refractivity contribution is 0.124. The number of hydrogen-bond acceptors (Lipinski definition) is 2. The second kappa shape index (κ2) is 10.7. The summed E-state index contributed by atoms with van der Waals surface area (Å²) in [5.41, 5.74) is 0.829. The average molecular weight is 461 g/mol. The first-order chi connectivity index (χ1) is 12.2. The fourth-order valence-electron chi connectivity index (χ4n) is 1.72. The molecule has 0 spiro atoms. The van der Waals surface area contributed by atoms with Crippen LogP contribution < -0.4 is 0 Å². The third-order valence-electron chi connectivity index (χ3n) is 3.36. The maximum absolute atomic E-state index is 13.4. The highest BCUT2D eigenvalue weighted by Crippen LogP contribution is 2.23. The molecule has 2 nitrogen and oxygen atoms in total. The van der Waals surface area contributed by atoms with E-state index in [-0.39, 0.29) is 4.83 Å². The predicted molar refractivity (Wildman–Crippen MR) is 95.1 cm³/mol. The lowest BCUT2D eigenvalue weighted by Gasteiger charge is -2.07. The van der Waals surface area contributed by atoms with Crippen molar-refractivity contribution < 1.29 is 26.8 Å². The van der Waals surface area contributed by atoms with Crippen LogP contribution in [0.2, 0.25) is 0 Å². The zero-order valence-corrected chi connectivity index (χ0v) is 16.3. The van der Waals surface area contributed by atoms with Crippen molar-refractivity contribution in [2.45, 2.75) is 31.7 Å². The number of nitrogens with zero attached hydrogens (tertiary/aromatic N) is 1. The smallest absolute Gasteiger partial charge is 0.200 e. The van der Waals surface area contributed by atoms with Crippen molar-refractivity contribution in [1.82, 2.24) is 0 Å². The van der Waals surface area contributed by atoms with Crippen LogP contribution in [0.25, 0.3) is 0 Å². The van der Waals surface area contributed by atoms with E-state index in [2.05, 4.69) is 25.9 Å². The molecule has 0 aliphatic rings. The fourth-order valence-corrected chi connectivity index (χ4v) is 2.17. The van der Waals surface area contributed by atoms with Gasteiger partial charge in [0.1, 0.15) is 6.61 Å². The highest BCUT2D eigenvalue weighted by atomic mass is 79.9. The normalized spacial score (nSPS) is 14.2. The van der Waals surface area contributed by atoms with E-state index in [1.807, 2.05) is 19.9 Å². The van der Waals surface area contributed by atoms with Gasteiger partial charge in [0, 0.05) is 10.7 Å². The van der Waals surface area contributed by atoms with Crippen molar-refractivity contribution in [2.24, 2.45) is 5.16 Å². The molecule has 0 N–H and O–H groups in total. The SMILES string of the molecule is CC(=CCC(Br)C(C)=CC=NOCc1c(F)c(F)c(F)c(F)c1F)CCl. The zero-order valence-electron chi connectivity index (χ0n) is 13.9. The Bertz CT molecular complexity index is 707. The molecule has 0 aromatic heterocycles. The molecule has 0 amide bonds. The zero-order chi connectivity index (χ0) is 19.9. The molecule has 0 heterocycles. The standard InChI is InChI=1S/C17H16BrClF5NO/c1-9(7-19)3-4-12(18)10(2)5-6-25-26-8-11-13(20)15(22)17(24)16(23)14(11)21/h3,5-6,12H,4,7-8H2,1-2H3. The molecule has 1 aromatic rings. The number of alkyl halides is 2. The molecule has 1 rings (SSSR count). The molecule has 0 fully saturated rings. The van der Waals surface area contributed by atoms with Gasteiger partial charge in [-0.05, 0) is 26.3 Å². The molecule has 1 aromatic carbocycles. The van der Waals surface area contributed by atoms with Crippen molar-refractivity contribution in [3.05, 3.63) is 57.9 Å². The van der Waals surface area contributed by atoms with Crippen molar-refractivity contribution in [3.63, 3.8) is 0 Å². The van der Waals surface area contributed by atoms with Gasteiger partial charge in [-0.15, -0.1) is 11.6 Å². The topological polar surface area (TPSA) is 21.6 Å². The van der Waals surface area contributed by atoms with Gasteiger partial charge in [0.25, 0.3) is 0 Å². The first-order valence-electron chi connectivity index (χ1n) is 7.38. The van der Waals surface area contributed by atoms with Crippen molar-refractivity contribution in [1.29, 1.82) is 0 Å². The third kappa shape index (κ3) is 6.09. The highest BCUT2D eigenvalue weighted by molar-refractivity contribution is 9.09. The number of rotatable bonds is 8. The average Bonchev–Trinajstić information content (AvgIpc) is 2.64. The third-order valence-corrected chi connectivity index (χ3v) is 4.88. The van der Waals surface area contributed by atoms with Crippen LogP contribution in [0.15, 0.2) is 28.5 Å². The van der Waals surface area contributed by atoms with Crippen molar-refractivity contribution >= 4 is 33.7 Å². The summed E-state index contributed by atoms with van der Waals surface area (Å²) in [5.74, 6) is -9.70. The van der Waals surface area contributed by atoms with E-state index in [0.29, 0.717) is 12.3 Å². The van der Waals surface area contributed by atoms with Crippen LogP contribution in [0.1, 0.15) is 25.8 Å². The minimum Gasteiger partial charge on any atom is -0.391 e. The Labute approximate surface area is 161 Å². The van der Waals surface area contributed by atoms with Gasteiger partial charge in [0.15, 0.2) is 23.3 Å². The summed E-state index contributed by atoms with van der Waals surface area (Å²) in [6.07, 6.45) is 5.47. The Kier molecular flexibility index (Phi) is 9.29. The minimum atomic E-state index is -2.22. The molecule has 0 saturated heterocycles. The van der Waals surface area contributed by atoms with Gasteiger partial charge in [0.05, 0.1) is 11.8 Å². The Hall–Kier alpha value is -1.41. The summed E-state index contributed by atoms with van der Waals surface area (Å²) in [4.78, 5) is 4.64. The Balaban J connectivity index is 2.69. The van der Waals surface area contributed by atoms with E-state index >= 15 is 0 Å². The molecule has 1 atom stereocenters. The Morgan fingerprint density at radius 3 is 2.15 bits per heavy atom. The number of hydrogen-bond donors (Lipinski definition) is 0. The molecule has 0 aliphatic carbocycles. The number of oxime groups is 1. The molecule has 0 saturated carbocycles. The second-order valence-corrected chi connectivity index (χ2v) is 6.75. The molecule has 1 unspecified atom stereocenters. The van der Waals surface area contributed by atoms with E-state index in [0.717, 1.165) is 11.1 Å². The Morgan fingerprint density at radius 1 is 1.08 bits per heavy atom. The van der Waals surface area contributed by atoms with Crippen LogP contribution in [0.3, 0.4) is 0 Å². The number of halogens is 7. The van der Waals surface area contributed by atoms with Gasteiger partial charge in [-0.25, -0.2) is 22.0 Å². The first-order valence-corrected chi connectivity index (χ1v) is 8.83. The lowest BCUT2D eigenvalue weighted by atomic mass is 10.1. The van der Waals surface area contributed by atoms with Crippen LogP contribution >= 0.6 is 27.5 Å². The monoisotopic (exact) mass is 459 g/mol. The number of benzene rings is 1. The molecule has 144 valence electrons. The van der Waals surface area contributed by atoms with Crippen LogP contribution in [0.4, 0.5) is 22.0 Å². The van der Waals surface area contributed by atoms with Gasteiger partial charge < -0.3 is 4.84 Å². The van der Waals surface area contributed by atoms with Gasteiger partial charge >= 0.3 is 0 Å². The number of allylic oxidation sites excluding steroid dienone is 4. The van der Waals surface area contributed by atoms with Crippen LogP contribution in [0.5, 0.6) is 0 Å². The van der Waals surface area contributed by atoms with E-state index < -0.39 is 41.3 Å². The van der Waals surface area contributed by atoms with Gasteiger partial charge in [-0.3, -0.25) is 0 Å². The van der Waals surface area contributed by atoms with E-state index in [4.69, 9.17) is 11.6 Å². The maximum Gasteiger partial charge on any atom is 0.200 e. The van der Waals surface area contributed by atoms with Crippen LogP contribution in [-0.2, 0) is 11.4 Å². The lowest BCUT2D eigenvalue weighted by Crippen LogP contribution is -2.07. The van der Waals surface area contributed by atoms with E-state index in [1.54, 1.807) is 6.08 Å². The van der Waals surface area contributed by atoms with Gasteiger partial charge in [-0.2, -0.15) is 0 Å². The fraction of sp³-hybridized carbons (Fsp3) is 0.353. The molecular weight excluding hydrogens is 445 g/mol. The molecular formula is C17H16BrClF5NO. The maximum atomic E-state index is 13.4. The second-order valence-electron chi connectivity index (χ2n) is 5.37. The summed E-state index contributed by atoms with van der Waals surface area (Å²) in [5, 5.41) is 3.43. The van der Waals surface area contributed by atoms with Crippen molar-refractivity contribution in [3.8, 4) is 0 Å². The van der Waals surface area contributed by atoms with E-state index in [9.17, 15) is 22.0 Å². The molecule has 26 heavy (non-hydrogen) atoms. The van der Waals surface area contributed by atoms with Crippen LogP contribution in [-0.4, -0.2) is 16.9 Å². The minimum absolute atomic E-state index is 0.0160. The molecule has 0 bridgehead atoms.